The number of hydrogen-bond donors (Lipinski definition) is 1. The molecule has 2 aromatic carbocycles. The molecule has 1 N–H and O–H groups in total. The average molecular weight is 242 g/mol. The summed E-state index contributed by atoms with van der Waals surface area (Å²) in [6.07, 6.45) is 2.54. The molecule has 0 aliphatic carbocycles. The Morgan fingerprint density at radius 2 is 1.94 bits per heavy atom. The summed E-state index contributed by atoms with van der Waals surface area (Å²) in [7, 11) is 0. The van der Waals surface area contributed by atoms with Crippen molar-refractivity contribution in [1.29, 1.82) is 0 Å². The van der Waals surface area contributed by atoms with Gasteiger partial charge in [0, 0.05) is 5.39 Å². The maximum Gasteiger partial charge on any atom is 0.336 e. The van der Waals surface area contributed by atoms with E-state index in [9.17, 15) is 4.79 Å². The van der Waals surface area contributed by atoms with Crippen molar-refractivity contribution in [3.8, 4) is 5.75 Å². The standard InChI is InChI=1S/C15H14O3/c1-2-3-10-18-14-9-8-13(15(16)17)11-6-4-5-7-12(11)14/h2,4-9H,1,3,10H2,(H,16,17). The van der Waals surface area contributed by atoms with Crippen LogP contribution >= 0.6 is 0 Å². The number of rotatable bonds is 5. The number of carbonyl (C=O) groups is 1. The zero-order valence-electron chi connectivity index (χ0n) is 9.93. The first kappa shape index (κ1) is 12.2. The average Bonchev–Trinajstić information content (AvgIpc) is 2.38. The van der Waals surface area contributed by atoms with Crippen LogP contribution in [-0.4, -0.2) is 17.7 Å². The molecule has 0 aliphatic rings. The van der Waals surface area contributed by atoms with E-state index in [-0.39, 0.29) is 0 Å². The van der Waals surface area contributed by atoms with E-state index in [1.54, 1.807) is 24.3 Å². The predicted octanol–water partition coefficient (Wildman–Crippen LogP) is 3.49. The Hall–Kier alpha value is -2.29. The summed E-state index contributed by atoms with van der Waals surface area (Å²) in [5.41, 5.74) is 0.293. The van der Waals surface area contributed by atoms with Crippen molar-refractivity contribution in [2.45, 2.75) is 6.42 Å². The minimum Gasteiger partial charge on any atom is -0.493 e. The van der Waals surface area contributed by atoms with Crippen molar-refractivity contribution in [2.75, 3.05) is 6.61 Å². The molecule has 92 valence electrons. The van der Waals surface area contributed by atoms with Gasteiger partial charge in [-0.05, 0) is 23.9 Å². The zero-order valence-corrected chi connectivity index (χ0v) is 9.93. The molecule has 3 heteroatoms. The van der Waals surface area contributed by atoms with E-state index in [4.69, 9.17) is 9.84 Å². The third kappa shape index (κ3) is 2.35. The summed E-state index contributed by atoms with van der Waals surface area (Å²) in [5, 5.41) is 10.7. The minimum absolute atomic E-state index is 0.293. The van der Waals surface area contributed by atoms with E-state index < -0.39 is 5.97 Å². The molecule has 2 rings (SSSR count). The molecular formula is C15H14O3. The number of aromatic carboxylic acids is 1. The van der Waals surface area contributed by atoms with Gasteiger partial charge in [0.2, 0.25) is 0 Å². The molecule has 0 fully saturated rings. The molecule has 0 aromatic heterocycles. The van der Waals surface area contributed by atoms with Crippen LogP contribution < -0.4 is 4.74 Å². The number of fused-ring (bicyclic) bond motifs is 1. The van der Waals surface area contributed by atoms with Gasteiger partial charge >= 0.3 is 5.97 Å². The second kappa shape index (κ2) is 5.36. The molecule has 2 aromatic rings. The molecule has 0 atom stereocenters. The number of carboxylic acid groups (broad SMARTS) is 1. The van der Waals surface area contributed by atoms with Gasteiger partial charge in [-0.1, -0.05) is 30.3 Å². The first-order valence-corrected chi connectivity index (χ1v) is 5.73. The molecule has 0 aliphatic heterocycles. The minimum atomic E-state index is -0.927. The Morgan fingerprint density at radius 3 is 2.61 bits per heavy atom. The maximum absolute atomic E-state index is 11.1. The van der Waals surface area contributed by atoms with Crippen LogP contribution in [0.5, 0.6) is 5.75 Å². The number of benzene rings is 2. The molecule has 0 amide bonds. The fourth-order valence-corrected chi connectivity index (χ4v) is 1.84. The van der Waals surface area contributed by atoms with Crippen LogP contribution in [0, 0.1) is 0 Å². The van der Waals surface area contributed by atoms with Gasteiger partial charge in [0.1, 0.15) is 5.75 Å². The van der Waals surface area contributed by atoms with Crippen LogP contribution in [0.25, 0.3) is 10.8 Å². The van der Waals surface area contributed by atoms with E-state index in [1.807, 2.05) is 18.2 Å². The molecule has 0 saturated heterocycles. The highest BCUT2D eigenvalue weighted by Crippen LogP contribution is 2.28. The van der Waals surface area contributed by atoms with Crippen LogP contribution in [0.4, 0.5) is 0 Å². The summed E-state index contributed by atoms with van der Waals surface area (Å²) < 4.78 is 5.63. The van der Waals surface area contributed by atoms with Crippen molar-refractivity contribution in [2.24, 2.45) is 0 Å². The summed E-state index contributed by atoms with van der Waals surface area (Å²) in [6, 6.07) is 10.6. The van der Waals surface area contributed by atoms with Crippen molar-refractivity contribution >= 4 is 16.7 Å². The maximum atomic E-state index is 11.1. The first-order chi connectivity index (χ1) is 8.74. The van der Waals surface area contributed by atoms with E-state index in [0.717, 1.165) is 11.8 Å². The molecule has 3 nitrogen and oxygen atoms in total. The van der Waals surface area contributed by atoms with Crippen molar-refractivity contribution in [3.05, 3.63) is 54.6 Å². The second-order valence-electron chi connectivity index (χ2n) is 3.89. The van der Waals surface area contributed by atoms with Crippen LogP contribution in [0.2, 0.25) is 0 Å². The SMILES string of the molecule is C=CCCOc1ccc(C(=O)O)c2ccccc12. The molecule has 0 bridgehead atoms. The quantitative estimate of drug-likeness (QED) is 0.644. The third-order valence-electron chi connectivity index (χ3n) is 2.69. The van der Waals surface area contributed by atoms with Gasteiger partial charge in [-0.15, -0.1) is 6.58 Å². The van der Waals surface area contributed by atoms with Crippen LogP contribution in [0.3, 0.4) is 0 Å². The van der Waals surface area contributed by atoms with E-state index in [2.05, 4.69) is 6.58 Å². The van der Waals surface area contributed by atoms with Crippen molar-refractivity contribution in [3.63, 3.8) is 0 Å². The first-order valence-electron chi connectivity index (χ1n) is 5.73. The summed E-state index contributed by atoms with van der Waals surface area (Å²) >= 11 is 0. The Balaban J connectivity index is 2.47. The zero-order chi connectivity index (χ0) is 13.0. The van der Waals surface area contributed by atoms with Gasteiger partial charge in [-0.25, -0.2) is 4.79 Å². The predicted molar refractivity (Wildman–Crippen MR) is 71.2 cm³/mol. The fraction of sp³-hybridized carbons (Fsp3) is 0.133. The lowest BCUT2D eigenvalue weighted by Gasteiger charge is -2.10. The second-order valence-corrected chi connectivity index (χ2v) is 3.89. The molecular weight excluding hydrogens is 228 g/mol. The highest BCUT2D eigenvalue weighted by atomic mass is 16.5. The van der Waals surface area contributed by atoms with Crippen LogP contribution in [0.15, 0.2) is 49.1 Å². The van der Waals surface area contributed by atoms with Gasteiger partial charge in [0.25, 0.3) is 0 Å². The molecule has 0 unspecified atom stereocenters. The number of carboxylic acids is 1. The van der Waals surface area contributed by atoms with Gasteiger partial charge < -0.3 is 9.84 Å². The molecule has 0 spiro atoms. The Bertz CT molecular complexity index is 587. The van der Waals surface area contributed by atoms with E-state index >= 15 is 0 Å². The molecule has 0 saturated carbocycles. The largest absolute Gasteiger partial charge is 0.493 e. The summed E-state index contributed by atoms with van der Waals surface area (Å²) in [6.45, 7) is 4.18. The Labute approximate surface area is 105 Å². The van der Waals surface area contributed by atoms with Gasteiger partial charge in [-0.2, -0.15) is 0 Å². The van der Waals surface area contributed by atoms with E-state index in [1.165, 1.54) is 0 Å². The lowest BCUT2D eigenvalue weighted by atomic mass is 10.0. The summed E-state index contributed by atoms with van der Waals surface area (Å²) in [4.78, 5) is 11.1. The van der Waals surface area contributed by atoms with Gasteiger partial charge in [-0.3, -0.25) is 0 Å². The van der Waals surface area contributed by atoms with Crippen molar-refractivity contribution < 1.29 is 14.6 Å². The lowest BCUT2D eigenvalue weighted by molar-refractivity contribution is 0.0699. The molecule has 18 heavy (non-hydrogen) atoms. The fourth-order valence-electron chi connectivity index (χ4n) is 1.84. The van der Waals surface area contributed by atoms with Crippen LogP contribution in [-0.2, 0) is 0 Å². The normalized spacial score (nSPS) is 10.2. The lowest BCUT2D eigenvalue weighted by Crippen LogP contribution is -2.00. The van der Waals surface area contributed by atoms with Crippen molar-refractivity contribution in [1.82, 2.24) is 0 Å². The number of hydrogen-bond acceptors (Lipinski definition) is 2. The molecule has 0 radical (unpaired) electrons. The van der Waals surface area contributed by atoms with Gasteiger partial charge in [0.15, 0.2) is 0 Å². The van der Waals surface area contributed by atoms with Crippen LogP contribution in [0.1, 0.15) is 16.8 Å². The Morgan fingerprint density at radius 1 is 1.22 bits per heavy atom. The third-order valence-corrected chi connectivity index (χ3v) is 2.69. The monoisotopic (exact) mass is 242 g/mol. The van der Waals surface area contributed by atoms with Gasteiger partial charge in [0.05, 0.1) is 12.2 Å². The van der Waals surface area contributed by atoms with E-state index in [0.29, 0.717) is 23.3 Å². The number of ether oxygens (including phenoxy) is 1. The topological polar surface area (TPSA) is 46.5 Å². The Kier molecular flexibility index (Phi) is 3.63. The summed E-state index contributed by atoms with van der Waals surface area (Å²) in [5.74, 6) is -0.221. The highest BCUT2D eigenvalue weighted by molar-refractivity contribution is 6.05. The highest BCUT2D eigenvalue weighted by Gasteiger charge is 2.11. The smallest absolute Gasteiger partial charge is 0.336 e. The molecule has 0 heterocycles.